The highest BCUT2D eigenvalue weighted by Gasteiger charge is 2.48. The SMILES string of the molecule is COc1cccc(N)c1C#C[C@@H]1O[C@H](COCc2ccccc2)[C@@H](OCc2ccccc2)[C@H](OCc2ccccc2)[C@H]1OCc1ccccc1. The molecular weight excluding hydrogens is 626 g/mol. The van der Waals surface area contributed by atoms with E-state index in [-0.39, 0.29) is 6.61 Å². The fourth-order valence-corrected chi connectivity index (χ4v) is 5.90. The zero-order valence-corrected chi connectivity index (χ0v) is 28.2. The Labute approximate surface area is 294 Å². The maximum Gasteiger partial charge on any atom is 0.147 e. The van der Waals surface area contributed by atoms with Crippen LogP contribution in [0.15, 0.2) is 140 Å². The molecule has 7 heteroatoms. The molecule has 1 heterocycles. The van der Waals surface area contributed by atoms with Crippen LogP contribution < -0.4 is 10.5 Å². The fraction of sp³-hybridized carbons (Fsp3) is 0.256. The van der Waals surface area contributed by atoms with Gasteiger partial charge in [0.25, 0.3) is 0 Å². The van der Waals surface area contributed by atoms with Crippen molar-refractivity contribution in [2.24, 2.45) is 0 Å². The number of ether oxygens (including phenoxy) is 6. The number of rotatable bonds is 14. The van der Waals surface area contributed by atoms with Gasteiger partial charge < -0.3 is 34.2 Å². The summed E-state index contributed by atoms with van der Waals surface area (Å²) in [5.41, 5.74) is 11.6. The van der Waals surface area contributed by atoms with Crippen LogP contribution in [0.3, 0.4) is 0 Å². The number of hydrogen-bond donors (Lipinski definition) is 1. The van der Waals surface area contributed by atoms with Gasteiger partial charge in [-0.05, 0) is 34.4 Å². The summed E-state index contributed by atoms with van der Waals surface area (Å²) >= 11 is 0. The summed E-state index contributed by atoms with van der Waals surface area (Å²) in [7, 11) is 1.60. The smallest absolute Gasteiger partial charge is 0.147 e. The first-order valence-electron chi connectivity index (χ1n) is 16.9. The first-order chi connectivity index (χ1) is 24.7. The number of benzene rings is 5. The molecule has 50 heavy (non-hydrogen) atoms. The Kier molecular flexibility index (Phi) is 12.7. The molecule has 0 aliphatic carbocycles. The van der Waals surface area contributed by atoms with Crippen LogP contribution in [0.1, 0.15) is 27.8 Å². The predicted octanol–water partition coefficient (Wildman–Crippen LogP) is 7.37. The molecule has 0 aromatic heterocycles. The Bertz CT molecular complexity index is 1790. The monoisotopic (exact) mass is 669 g/mol. The molecule has 0 bridgehead atoms. The minimum Gasteiger partial charge on any atom is -0.495 e. The topological polar surface area (TPSA) is 81.4 Å². The van der Waals surface area contributed by atoms with Crippen LogP contribution in [-0.2, 0) is 50.1 Å². The van der Waals surface area contributed by atoms with Gasteiger partial charge in [0.15, 0.2) is 0 Å². The number of nitrogen functional groups attached to an aromatic ring is 1. The van der Waals surface area contributed by atoms with E-state index in [0.29, 0.717) is 43.4 Å². The van der Waals surface area contributed by atoms with Gasteiger partial charge >= 0.3 is 0 Å². The minimum absolute atomic E-state index is 0.250. The molecule has 5 aromatic rings. The van der Waals surface area contributed by atoms with Crippen molar-refractivity contribution in [1.29, 1.82) is 0 Å². The lowest BCUT2D eigenvalue weighted by Gasteiger charge is -2.45. The molecule has 1 aliphatic heterocycles. The molecule has 5 aromatic carbocycles. The Hall–Kier alpha value is -4.94. The molecule has 6 rings (SSSR count). The van der Waals surface area contributed by atoms with E-state index < -0.39 is 30.5 Å². The first-order valence-corrected chi connectivity index (χ1v) is 16.9. The largest absolute Gasteiger partial charge is 0.495 e. The highest BCUT2D eigenvalue weighted by Crippen LogP contribution is 2.32. The number of hydrogen-bond acceptors (Lipinski definition) is 7. The Morgan fingerprint density at radius 3 is 1.56 bits per heavy atom. The fourth-order valence-electron chi connectivity index (χ4n) is 5.90. The third-order valence-electron chi connectivity index (χ3n) is 8.50. The van der Waals surface area contributed by atoms with Crippen LogP contribution >= 0.6 is 0 Å². The molecule has 1 aliphatic rings. The molecule has 0 spiro atoms. The zero-order valence-electron chi connectivity index (χ0n) is 28.2. The second kappa shape index (κ2) is 18.2. The third-order valence-corrected chi connectivity index (χ3v) is 8.50. The predicted molar refractivity (Wildman–Crippen MR) is 194 cm³/mol. The molecule has 256 valence electrons. The zero-order chi connectivity index (χ0) is 34.4. The number of methoxy groups -OCH3 is 1. The van der Waals surface area contributed by atoms with Gasteiger partial charge in [-0.25, -0.2) is 0 Å². The Morgan fingerprint density at radius 2 is 1.04 bits per heavy atom. The van der Waals surface area contributed by atoms with Crippen molar-refractivity contribution in [2.45, 2.75) is 56.9 Å². The molecule has 7 nitrogen and oxygen atoms in total. The lowest BCUT2D eigenvalue weighted by molar-refractivity contribution is -0.261. The molecule has 0 unspecified atom stereocenters. The summed E-state index contributed by atoms with van der Waals surface area (Å²) < 4.78 is 39.0. The van der Waals surface area contributed by atoms with Crippen molar-refractivity contribution in [1.82, 2.24) is 0 Å². The molecule has 5 atom stereocenters. The summed E-state index contributed by atoms with van der Waals surface area (Å²) in [5.74, 6) is 7.19. The van der Waals surface area contributed by atoms with Gasteiger partial charge in [-0.1, -0.05) is 139 Å². The Balaban J connectivity index is 1.36. The summed E-state index contributed by atoms with van der Waals surface area (Å²) in [6.07, 6.45) is -3.01. The normalized spacial score (nSPS) is 20.1. The molecule has 1 saturated heterocycles. The van der Waals surface area contributed by atoms with Gasteiger partial charge in [0.1, 0.15) is 36.3 Å². The van der Waals surface area contributed by atoms with Crippen LogP contribution in [0.25, 0.3) is 0 Å². The number of anilines is 1. The lowest BCUT2D eigenvalue weighted by Crippen LogP contribution is -2.60. The third kappa shape index (κ3) is 9.60. The summed E-state index contributed by atoms with van der Waals surface area (Å²) in [6, 6.07) is 45.7. The highest BCUT2D eigenvalue weighted by atomic mass is 16.6. The standard InChI is InChI=1S/C43H43NO6/c1-45-38-24-14-23-37(44)36(38)25-26-39-41(47-28-33-17-8-3-9-18-33)43(49-30-35-21-12-5-13-22-35)42(48-29-34-19-10-4-11-20-34)40(50-39)31-46-27-32-15-6-2-7-16-32/h2-24,39-43H,27-31,44H2,1H3/t39-,40+,41-,42+,43+/m0/s1. The van der Waals surface area contributed by atoms with E-state index in [9.17, 15) is 0 Å². The first kappa shape index (κ1) is 34.9. The summed E-state index contributed by atoms with van der Waals surface area (Å²) in [5, 5.41) is 0. The molecule has 1 fully saturated rings. The van der Waals surface area contributed by atoms with E-state index in [0.717, 1.165) is 22.3 Å². The molecular formula is C43H43NO6. The van der Waals surface area contributed by atoms with Crippen LogP contribution in [0.4, 0.5) is 5.69 Å². The van der Waals surface area contributed by atoms with Crippen LogP contribution in [0.2, 0.25) is 0 Å². The van der Waals surface area contributed by atoms with Gasteiger partial charge in [0, 0.05) is 0 Å². The van der Waals surface area contributed by atoms with Gasteiger partial charge in [0.2, 0.25) is 0 Å². The highest BCUT2D eigenvalue weighted by molar-refractivity contribution is 5.62. The van der Waals surface area contributed by atoms with Crippen LogP contribution in [-0.4, -0.2) is 44.2 Å². The molecule has 0 amide bonds. The summed E-state index contributed by atoms with van der Waals surface area (Å²) in [4.78, 5) is 0. The van der Waals surface area contributed by atoms with E-state index >= 15 is 0 Å². The number of nitrogens with two attached hydrogens (primary N) is 1. The van der Waals surface area contributed by atoms with Crippen molar-refractivity contribution < 1.29 is 28.4 Å². The van der Waals surface area contributed by atoms with Gasteiger partial charge in [-0.2, -0.15) is 0 Å². The van der Waals surface area contributed by atoms with Gasteiger partial charge in [-0.3, -0.25) is 0 Å². The molecule has 0 saturated carbocycles. The second-order valence-corrected chi connectivity index (χ2v) is 12.1. The average molecular weight is 670 g/mol. The van der Waals surface area contributed by atoms with Crippen molar-refractivity contribution in [3.8, 4) is 17.6 Å². The van der Waals surface area contributed by atoms with E-state index in [1.165, 1.54) is 0 Å². The van der Waals surface area contributed by atoms with Crippen molar-refractivity contribution in [2.75, 3.05) is 19.5 Å². The van der Waals surface area contributed by atoms with Crippen LogP contribution in [0.5, 0.6) is 5.75 Å². The average Bonchev–Trinajstić information content (AvgIpc) is 3.17. The van der Waals surface area contributed by atoms with E-state index in [1.54, 1.807) is 13.2 Å². The van der Waals surface area contributed by atoms with Crippen LogP contribution in [0, 0.1) is 11.8 Å². The lowest BCUT2D eigenvalue weighted by atomic mass is 9.93. The molecule has 2 N–H and O–H groups in total. The van der Waals surface area contributed by atoms with Crippen molar-refractivity contribution in [3.05, 3.63) is 167 Å². The maximum atomic E-state index is 6.83. The Morgan fingerprint density at radius 1 is 0.560 bits per heavy atom. The van der Waals surface area contributed by atoms with Crippen molar-refractivity contribution in [3.63, 3.8) is 0 Å². The van der Waals surface area contributed by atoms with E-state index in [2.05, 4.69) is 11.8 Å². The van der Waals surface area contributed by atoms with Gasteiger partial charge in [0.05, 0.1) is 51.4 Å². The molecule has 0 radical (unpaired) electrons. The second-order valence-electron chi connectivity index (χ2n) is 12.1. The van der Waals surface area contributed by atoms with Gasteiger partial charge in [-0.15, -0.1) is 0 Å². The van der Waals surface area contributed by atoms with E-state index in [1.807, 2.05) is 133 Å². The minimum atomic E-state index is -0.717. The quantitative estimate of drug-likeness (QED) is 0.0977. The maximum absolute atomic E-state index is 6.83. The summed E-state index contributed by atoms with van der Waals surface area (Å²) in [6.45, 7) is 1.70. The van der Waals surface area contributed by atoms with E-state index in [4.69, 9.17) is 34.2 Å². The van der Waals surface area contributed by atoms with Crippen molar-refractivity contribution >= 4 is 5.69 Å².